The number of benzene rings is 2. The van der Waals surface area contributed by atoms with Crippen molar-refractivity contribution in [3.05, 3.63) is 102 Å². The summed E-state index contributed by atoms with van der Waals surface area (Å²) in [6.45, 7) is 1.98. The first-order valence-corrected chi connectivity index (χ1v) is 9.37. The van der Waals surface area contributed by atoms with Crippen LogP contribution in [0.2, 0.25) is 0 Å². The van der Waals surface area contributed by atoms with Crippen LogP contribution in [0, 0.1) is 13.0 Å². The molecule has 0 saturated heterocycles. The van der Waals surface area contributed by atoms with Gasteiger partial charge < -0.3 is 10.1 Å². The molecule has 0 unspecified atom stereocenters. The molecule has 4 rings (SSSR count). The van der Waals surface area contributed by atoms with E-state index in [1.54, 1.807) is 18.3 Å². The Bertz CT molecular complexity index is 1180. The quantitative estimate of drug-likeness (QED) is 0.294. The van der Waals surface area contributed by atoms with Crippen molar-refractivity contribution in [2.45, 2.75) is 13.1 Å². The third kappa shape index (κ3) is 7.03. The number of rotatable bonds is 3. The number of nitrogens with zero attached hydrogens (tertiary/aromatic N) is 3. The summed E-state index contributed by atoms with van der Waals surface area (Å²) >= 11 is 0. The van der Waals surface area contributed by atoms with Crippen molar-refractivity contribution in [1.82, 2.24) is 15.0 Å². The van der Waals surface area contributed by atoms with Crippen LogP contribution in [0.5, 0.6) is 0 Å². The predicted molar refractivity (Wildman–Crippen MR) is 113 cm³/mol. The number of halogens is 3. The fourth-order valence-electron chi connectivity index (χ4n) is 2.70. The molecule has 5 nitrogen and oxygen atoms in total. The third-order valence-electron chi connectivity index (χ3n) is 4.30. The topological polar surface area (TPSA) is 76.0 Å². The predicted octanol–water partition coefficient (Wildman–Crippen LogP) is 5.72. The van der Waals surface area contributed by atoms with E-state index in [1.165, 1.54) is 24.5 Å². The molecule has 4 aromatic rings. The van der Waals surface area contributed by atoms with Crippen LogP contribution < -0.4 is 0 Å². The van der Waals surface area contributed by atoms with Gasteiger partial charge in [-0.05, 0) is 30.2 Å². The molecule has 171 valence electrons. The molecule has 2 aromatic heterocycles. The van der Waals surface area contributed by atoms with Crippen molar-refractivity contribution in [1.29, 1.82) is 0 Å². The van der Waals surface area contributed by atoms with E-state index >= 15 is 0 Å². The summed E-state index contributed by atoms with van der Waals surface area (Å²) in [5.74, 6) is -0.990. The van der Waals surface area contributed by atoms with E-state index in [1.807, 2.05) is 31.2 Å². The monoisotopic (exact) mass is 629 g/mol. The molecule has 0 aliphatic carbocycles. The second-order valence-corrected chi connectivity index (χ2v) is 6.63. The Hall–Kier alpha value is -3.42. The van der Waals surface area contributed by atoms with E-state index in [0.717, 1.165) is 23.3 Å². The normalized spacial score (nSPS) is 10.4. The molecule has 0 saturated carbocycles. The van der Waals surface area contributed by atoms with Gasteiger partial charge in [-0.2, -0.15) is 13.2 Å². The van der Waals surface area contributed by atoms with E-state index in [0.29, 0.717) is 17.0 Å². The first-order chi connectivity index (χ1) is 15.3. The molecule has 9 heteroatoms. The number of hydrogen-bond donors (Lipinski definition) is 1. The third-order valence-corrected chi connectivity index (χ3v) is 4.30. The van der Waals surface area contributed by atoms with E-state index in [9.17, 15) is 18.0 Å². The largest absolute Gasteiger partial charge is 0.477 e. The molecule has 0 atom stereocenters. The number of carboxylic acid groups (broad SMARTS) is 1. The van der Waals surface area contributed by atoms with Crippen LogP contribution in [-0.4, -0.2) is 26.0 Å². The van der Waals surface area contributed by atoms with Gasteiger partial charge in [0.2, 0.25) is 0 Å². The number of alkyl halides is 3. The minimum Gasteiger partial charge on any atom is -0.477 e. The fourth-order valence-corrected chi connectivity index (χ4v) is 2.70. The molecular formula is C24H17F3IrN3O2-. The molecule has 33 heavy (non-hydrogen) atoms. The fraction of sp³-hybridized carbons (Fsp3) is 0.0833. The van der Waals surface area contributed by atoms with Gasteiger partial charge in [0, 0.05) is 44.4 Å². The summed E-state index contributed by atoms with van der Waals surface area (Å²) in [6.07, 6.45) is 0.141. The van der Waals surface area contributed by atoms with Gasteiger partial charge in [0.15, 0.2) is 0 Å². The number of aromatic carboxylic acids is 1. The number of aromatic nitrogens is 3. The molecular weight excluding hydrogens is 611 g/mol. The number of pyridine rings is 1. The molecule has 2 heterocycles. The van der Waals surface area contributed by atoms with Crippen LogP contribution in [0.4, 0.5) is 13.2 Å². The standard InChI is InChI=1S/C18H12F3N2.C6H5NO2.Ir/c1-12-2-4-13(5-3-12)16-17(23-11-10-22-16)14-6-8-15(9-7-14)18(19,20)21;8-6(9)5-3-1-2-4-7-5;/h2-6,8-11H,1H3;1-4H,(H,8,9);/q-1;;. The minimum absolute atomic E-state index is 0. The van der Waals surface area contributed by atoms with E-state index in [-0.39, 0.29) is 25.8 Å². The zero-order chi connectivity index (χ0) is 23.1. The maximum Gasteiger partial charge on any atom is 0.381 e. The van der Waals surface area contributed by atoms with Crippen molar-refractivity contribution < 1.29 is 43.2 Å². The minimum atomic E-state index is -4.38. The Labute approximate surface area is 201 Å². The van der Waals surface area contributed by atoms with Gasteiger partial charge in [-0.3, -0.25) is 4.98 Å². The number of carboxylic acids is 1. The van der Waals surface area contributed by atoms with Crippen LogP contribution in [0.25, 0.3) is 22.5 Å². The summed E-state index contributed by atoms with van der Waals surface area (Å²) < 4.78 is 38.0. The number of carbonyl (C=O) groups is 1. The Morgan fingerprint density at radius 2 is 1.55 bits per heavy atom. The molecule has 0 spiro atoms. The van der Waals surface area contributed by atoms with Gasteiger partial charge in [0.1, 0.15) is 5.69 Å². The maximum atomic E-state index is 12.7. The SMILES string of the molecule is Cc1ccc(-c2nccnc2-c2[c-]cc(C(F)(F)F)cc2)cc1.O=C(O)c1ccccn1.[Ir]. The van der Waals surface area contributed by atoms with Crippen LogP contribution >= 0.6 is 0 Å². The maximum absolute atomic E-state index is 12.7. The van der Waals surface area contributed by atoms with Gasteiger partial charge >= 0.3 is 12.1 Å². The van der Waals surface area contributed by atoms with Crippen LogP contribution in [0.3, 0.4) is 0 Å². The molecule has 0 aliphatic heterocycles. The van der Waals surface area contributed by atoms with E-state index in [4.69, 9.17) is 5.11 Å². The molecule has 1 radical (unpaired) electrons. The van der Waals surface area contributed by atoms with Crippen molar-refractivity contribution in [2.24, 2.45) is 0 Å². The Balaban J connectivity index is 0.000000326. The summed E-state index contributed by atoms with van der Waals surface area (Å²) in [5.41, 5.74) is 2.90. The molecule has 2 aromatic carbocycles. The van der Waals surface area contributed by atoms with Crippen molar-refractivity contribution in [3.63, 3.8) is 0 Å². The molecule has 1 N–H and O–H groups in total. The molecule has 0 bridgehead atoms. The van der Waals surface area contributed by atoms with Crippen LogP contribution in [-0.2, 0) is 26.3 Å². The molecule has 0 aliphatic rings. The van der Waals surface area contributed by atoms with Gasteiger partial charge in [-0.1, -0.05) is 35.9 Å². The van der Waals surface area contributed by atoms with Gasteiger partial charge in [-0.15, -0.1) is 29.8 Å². The van der Waals surface area contributed by atoms with Crippen LogP contribution in [0.15, 0.2) is 79.3 Å². The van der Waals surface area contributed by atoms with E-state index < -0.39 is 17.7 Å². The van der Waals surface area contributed by atoms with Crippen molar-refractivity contribution >= 4 is 5.97 Å². The summed E-state index contributed by atoms with van der Waals surface area (Å²) in [5, 5.41) is 8.32. The zero-order valence-electron chi connectivity index (χ0n) is 17.2. The summed E-state index contributed by atoms with van der Waals surface area (Å²) in [7, 11) is 0. The van der Waals surface area contributed by atoms with Crippen LogP contribution in [0.1, 0.15) is 21.6 Å². The van der Waals surface area contributed by atoms with Crippen molar-refractivity contribution in [2.75, 3.05) is 0 Å². The summed E-state index contributed by atoms with van der Waals surface area (Å²) in [4.78, 5) is 22.3. The average Bonchev–Trinajstić information content (AvgIpc) is 2.80. The van der Waals surface area contributed by atoms with Gasteiger partial charge in [0.25, 0.3) is 0 Å². The van der Waals surface area contributed by atoms with Gasteiger partial charge in [0.05, 0.1) is 5.69 Å². The second kappa shape index (κ2) is 11.4. The number of aryl methyl sites for hydroxylation is 1. The zero-order valence-corrected chi connectivity index (χ0v) is 19.6. The average molecular weight is 629 g/mol. The van der Waals surface area contributed by atoms with Crippen molar-refractivity contribution in [3.8, 4) is 22.5 Å². The first kappa shape index (κ1) is 25.8. The van der Waals surface area contributed by atoms with Gasteiger partial charge in [-0.25, -0.2) is 9.78 Å². The van der Waals surface area contributed by atoms with E-state index in [2.05, 4.69) is 21.0 Å². The summed E-state index contributed by atoms with van der Waals surface area (Å²) in [6, 6.07) is 18.5. The smallest absolute Gasteiger partial charge is 0.381 e. The molecule has 0 amide bonds. The molecule has 0 fully saturated rings. The second-order valence-electron chi connectivity index (χ2n) is 6.63. The Kier molecular flexibility index (Phi) is 8.96. The first-order valence-electron chi connectivity index (χ1n) is 9.37. The Morgan fingerprint density at radius 1 is 0.879 bits per heavy atom. The number of hydrogen-bond acceptors (Lipinski definition) is 4. The Morgan fingerprint density at radius 3 is 2.03 bits per heavy atom.